The number of aliphatic hydroxyl groups excluding tert-OH is 1. The van der Waals surface area contributed by atoms with Crippen LogP contribution in [0.25, 0.3) is 0 Å². The van der Waals surface area contributed by atoms with E-state index in [-0.39, 0.29) is 26.3 Å². The Bertz CT molecular complexity index is 2150. The zero-order valence-corrected chi connectivity index (χ0v) is 29.2. The number of carbonyl (C=O) groups excluding carboxylic acids is 4. The second-order valence-corrected chi connectivity index (χ2v) is 13.2. The number of ether oxygens (including phenoxy) is 2. The molecule has 4 aromatic rings. The fraction of sp³-hybridized carbons (Fsp3) is 0.238. The van der Waals surface area contributed by atoms with Gasteiger partial charge in [-0.2, -0.15) is 0 Å². The molecule has 0 radical (unpaired) electrons. The van der Waals surface area contributed by atoms with Gasteiger partial charge in [-0.25, -0.2) is 4.79 Å². The molecule has 2 saturated heterocycles. The number of aliphatic hydroxyl groups is 1. The Morgan fingerprint density at radius 1 is 0.944 bits per heavy atom. The third kappa shape index (κ3) is 6.33. The minimum atomic E-state index is -1.72. The molecule has 274 valence electrons. The Balaban J connectivity index is 1.53. The molecule has 0 aliphatic carbocycles. The van der Waals surface area contributed by atoms with Crippen molar-refractivity contribution >= 4 is 29.5 Å². The second kappa shape index (κ2) is 15.3. The van der Waals surface area contributed by atoms with E-state index in [2.05, 4.69) is 34.4 Å². The molecule has 6 atom stereocenters. The third-order valence-electron chi connectivity index (χ3n) is 10.1. The van der Waals surface area contributed by atoms with Crippen molar-refractivity contribution in [1.29, 1.82) is 0 Å². The summed E-state index contributed by atoms with van der Waals surface area (Å²) in [6, 6.07) is 27.8. The smallest absolute Gasteiger partial charge is 0.324 e. The first-order valence-electron chi connectivity index (χ1n) is 17.6. The maximum Gasteiger partial charge on any atom is 0.324 e. The van der Waals surface area contributed by atoms with Gasteiger partial charge >= 0.3 is 12.0 Å². The number of amides is 4. The van der Waals surface area contributed by atoms with Gasteiger partial charge in [0.25, 0.3) is 0 Å². The number of hydrogen-bond acceptors (Lipinski definition) is 8. The summed E-state index contributed by atoms with van der Waals surface area (Å²) in [7, 11) is 0. The molecule has 4 aromatic carbocycles. The van der Waals surface area contributed by atoms with Crippen LogP contribution in [-0.4, -0.2) is 66.2 Å². The molecule has 3 heterocycles. The van der Waals surface area contributed by atoms with Crippen LogP contribution < -0.4 is 26.4 Å². The predicted molar refractivity (Wildman–Crippen MR) is 200 cm³/mol. The van der Waals surface area contributed by atoms with E-state index < -0.39 is 59.4 Å². The van der Waals surface area contributed by atoms with Crippen molar-refractivity contribution in [2.75, 3.05) is 31.6 Å². The van der Waals surface area contributed by atoms with Crippen LogP contribution in [0, 0.1) is 17.8 Å². The SMILES string of the molecule is C=CCNC(=O)[C@H]1[C@@H]2C(=O)O[C@@H](c3ccccc3)[C@@H](c3ccccc3)N2[C@@H](c2cccc(OCCO)c2)[C@]12C(=O)Nc1ccc(C#CCNC(N)=O)cc12. The summed E-state index contributed by atoms with van der Waals surface area (Å²) in [5.74, 6) is 3.37. The Morgan fingerprint density at radius 2 is 1.67 bits per heavy atom. The van der Waals surface area contributed by atoms with Crippen LogP contribution in [0.3, 0.4) is 0 Å². The van der Waals surface area contributed by atoms with Gasteiger partial charge in [0.1, 0.15) is 29.9 Å². The number of benzene rings is 4. The molecule has 7 rings (SSSR count). The molecule has 0 bridgehead atoms. The van der Waals surface area contributed by atoms with Crippen molar-refractivity contribution in [2.24, 2.45) is 11.7 Å². The molecule has 3 aliphatic rings. The standard InChI is InChI=1S/C42H39N5O7/c1-2-20-44-38(49)33-35-39(50)54-36(28-14-7-4-8-15-28)34(27-12-5-3-6-13-27)47(35)37(29-16-9-17-30(25-29)53-23-22-48)42(33)31-24-26(11-10-21-45-41(43)52)18-19-32(31)46-40(42)51/h2-9,12-19,24-25,33-37,48H,1,20-23H2,(H,44,49)(H,46,51)(H3,43,45,52)/t33-,34-,35-,36+,37+,42-/m1/s1. The highest BCUT2D eigenvalue weighted by molar-refractivity contribution is 6.12. The van der Waals surface area contributed by atoms with Crippen molar-refractivity contribution < 1.29 is 33.8 Å². The molecule has 4 amide bonds. The number of cyclic esters (lactones) is 1. The van der Waals surface area contributed by atoms with E-state index in [1.807, 2.05) is 71.6 Å². The van der Waals surface area contributed by atoms with Crippen molar-refractivity contribution in [3.63, 3.8) is 0 Å². The number of morpholine rings is 1. The Morgan fingerprint density at radius 3 is 2.37 bits per heavy atom. The van der Waals surface area contributed by atoms with Crippen molar-refractivity contribution in [3.05, 3.63) is 144 Å². The van der Waals surface area contributed by atoms with Crippen LogP contribution in [0.5, 0.6) is 5.75 Å². The molecule has 0 unspecified atom stereocenters. The normalized spacial score (nSPS) is 23.9. The molecule has 0 aromatic heterocycles. The lowest BCUT2D eigenvalue weighted by Gasteiger charge is -2.46. The summed E-state index contributed by atoms with van der Waals surface area (Å²) in [5, 5.41) is 18.0. The molecule has 54 heavy (non-hydrogen) atoms. The monoisotopic (exact) mass is 725 g/mol. The number of anilines is 1. The molecule has 2 fully saturated rings. The average Bonchev–Trinajstić information content (AvgIpc) is 3.67. The number of nitrogens with zero attached hydrogens (tertiary/aromatic N) is 1. The number of nitrogens with two attached hydrogens (primary N) is 1. The number of primary amides is 1. The first kappa shape index (κ1) is 36.0. The van der Waals surface area contributed by atoms with Crippen LogP contribution in [0.1, 0.15) is 46.0 Å². The van der Waals surface area contributed by atoms with Gasteiger partial charge in [0.2, 0.25) is 11.8 Å². The molecule has 12 nitrogen and oxygen atoms in total. The number of nitrogens with one attached hydrogen (secondary N) is 3. The van der Waals surface area contributed by atoms with Crippen molar-refractivity contribution in [2.45, 2.75) is 29.6 Å². The largest absolute Gasteiger partial charge is 0.491 e. The number of urea groups is 1. The van der Waals surface area contributed by atoms with Gasteiger partial charge in [-0.1, -0.05) is 90.7 Å². The summed E-state index contributed by atoms with van der Waals surface area (Å²) in [5.41, 5.74) is 7.09. The Kier molecular flexibility index (Phi) is 10.2. The first-order valence-corrected chi connectivity index (χ1v) is 17.6. The Labute approximate surface area is 312 Å². The van der Waals surface area contributed by atoms with E-state index in [1.54, 1.807) is 36.4 Å². The van der Waals surface area contributed by atoms with Gasteiger partial charge in [0, 0.05) is 17.8 Å². The van der Waals surface area contributed by atoms with Crippen LogP contribution >= 0.6 is 0 Å². The number of esters is 1. The summed E-state index contributed by atoms with van der Waals surface area (Å²) in [4.78, 5) is 57.9. The zero-order valence-electron chi connectivity index (χ0n) is 29.2. The van der Waals surface area contributed by atoms with Crippen LogP contribution in [-0.2, 0) is 24.5 Å². The number of hydrogen-bond donors (Lipinski definition) is 5. The van der Waals surface area contributed by atoms with E-state index in [4.69, 9.17) is 15.2 Å². The first-order chi connectivity index (χ1) is 26.3. The lowest BCUT2D eigenvalue weighted by atomic mass is 9.65. The lowest BCUT2D eigenvalue weighted by molar-refractivity contribution is -0.178. The highest BCUT2D eigenvalue weighted by Gasteiger charge is 2.74. The minimum Gasteiger partial charge on any atom is -0.491 e. The van der Waals surface area contributed by atoms with E-state index in [0.29, 0.717) is 28.1 Å². The van der Waals surface area contributed by atoms with Crippen molar-refractivity contribution in [3.8, 4) is 17.6 Å². The molecule has 0 saturated carbocycles. The zero-order chi connectivity index (χ0) is 37.8. The van der Waals surface area contributed by atoms with Crippen LogP contribution in [0.15, 0.2) is 116 Å². The summed E-state index contributed by atoms with van der Waals surface area (Å²) in [6.45, 7) is 3.66. The van der Waals surface area contributed by atoms with E-state index in [0.717, 1.165) is 11.1 Å². The fourth-order valence-corrected chi connectivity index (χ4v) is 8.17. The molecule has 1 spiro atoms. The van der Waals surface area contributed by atoms with Gasteiger partial charge in [-0.05, 0) is 52.6 Å². The maximum atomic E-state index is 15.1. The highest BCUT2D eigenvalue weighted by atomic mass is 16.6. The third-order valence-corrected chi connectivity index (χ3v) is 10.1. The lowest BCUT2D eigenvalue weighted by Crippen LogP contribution is -2.54. The molecule has 3 aliphatic heterocycles. The number of rotatable bonds is 10. The molecule has 12 heteroatoms. The van der Waals surface area contributed by atoms with E-state index in [1.165, 1.54) is 6.08 Å². The second-order valence-electron chi connectivity index (χ2n) is 13.2. The van der Waals surface area contributed by atoms with Gasteiger partial charge in [0.15, 0.2) is 0 Å². The van der Waals surface area contributed by atoms with Gasteiger partial charge in [-0.15, -0.1) is 6.58 Å². The van der Waals surface area contributed by atoms with Gasteiger partial charge < -0.3 is 36.3 Å². The predicted octanol–water partition coefficient (Wildman–Crippen LogP) is 3.65. The van der Waals surface area contributed by atoms with Crippen molar-refractivity contribution in [1.82, 2.24) is 15.5 Å². The topological polar surface area (TPSA) is 172 Å². The summed E-state index contributed by atoms with van der Waals surface area (Å²) >= 11 is 0. The van der Waals surface area contributed by atoms with Gasteiger partial charge in [0.05, 0.1) is 31.2 Å². The number of fused-ring (bicyclic) bond motifs is 3. The summed E-state index contributed by atoms with van der Waals surface area (Å²) < 4.78 is 12.3. The molecule has 6 N–H and O–H groups in total. The van der Waals surface area contributed by atoms with E-state index >= 15 is 4.79 Å². The maximum absolute atomic E-state index is 15.1. The van der Waals surface area contributed by atoms with Crippen LogP contribution in [0.4, 0.5) is 10.5 Å². The molecular formula is C42H39N5O7. The number of carbonyl (C=O) groups is 4. The fourth-order valence-electron chi connectivity index (χ4n) is 8.17. The highest BCUT2D eigenvalue weighted by Crippen LogP contribution is 2.64. The van der Waals surface area contributed by atoms with Crippen LogP contribution in [0.2, 0.25) is 0 Å². The quantitative estimate of drug-likeness (QED) is 0.0937. The molecular weight excluding hydrogens is 686 g/mol. The average molecular weight is 726 g/mol. The Hall–Kier alpha value is -6.42. The van der Waals surface area contributed by atoms with E-state index in [9.17, 15) is 19.5 Å². The summed E-state index contributed by atoms with van der Waals surface area (Å²) in [6.07, 6.45) is 0.713. The van der Waals surface area contributed by atoms with Gasteiger partial charge in [-0.3, -0.25) is 19.3 Å². The minimum absolute atomic E-state index is 0.00803.